The summed E-state index contributed by atoms with van der Waals surface area (Å²) in [6.45, 7) is 2.54. The molecule has 1 aliphatic rings. The molecule has 1 unspecified atom stereocenters. The van der Waals surface area contributed by atoms with Crippen molar-refractivity contribution in [2.45, 2.75) is 19.4 Å². The van der Waals surface area contributed by atoms with Crippen LogP contribution < -0.4 is 14.4 Å². The van der Waals surface area contributed by atoms with Crippen LogP contribution in [-0.2, 0) is 9.59 Å². The van der Waals surface area contributed by atoms with Crippen LogP contribution in [0.15, 0.2) is 82.8 Å². The number of Topliss-reactive ketones (excluding diaryl/α,β-unsaturated/α-hetero) is 1. The van der Waals surface area contributed by atoms with E-state index in [0.717, 1.165) is 10.9 Å². The third-order valence-electron chi connectivity index (χ3n) is 5.56. The summed E-state index contributed by atoms with van der Waals surface area (Å²) in [4.78, 5) is 28.1. The molecule has 1 atom stereocenters. The summed E-state index contributed by atoms with van der Waals surface area (Å²) in [7, 11) is 1.53. The predicted octanol–water partition coefficient (Wildman–Crippen LogP) is 5.87. The highest BCUT2D eigenvalue weighted by Crippen LogP contribution is 2.45. The van der Waals surface area contributed by atoms with Gasteiger partial charge in [-0.15, -0.1) is 0 Å². The number of carbonyl (C=O) groups is 2. The predicted molar refractivity (Wildman–Crippen MR) is 134 cm³/mol. The van der Waals surface area contributed by atoms with Crippen molar-refractivity contribution in [1.82, 2.24) is 0 Å². The average Bonchev–Trinajstić information content (AvgIpc) is 3.13. The summed E-state index contributed by atoms with van der Waals surface area (Å²) in [5, 5.41) is 11.2. The summed E-state index contributed by atoms with van der Waals surface area (Å²) in [6.07, 6.45) is 0.836. The van der Waals surface area contributed by atoms with Crippen molar-refractivity contribution in [2.75, 3.05) is 18.6 Å². The molecule has 0 aliphatic carbocycles. The van der Waals surface area contributed by atoms with E-state index >= 15 is 0 Å². The maximum Gasteiger partial charge on any atom is 0.300 e. The van der Waals surface area contributed by atoms with Crippen molar-refractivity contribution in [1.29, 1.82) is 0 Å². The number of para-hydroxylation sites is 1. The minimum absolute atomic E-state index is 0.00305. The SMILES string of the molecule is CCCOc1cccc(N2C(=O)C(=O)/C(=C(/O)c3ccc(Br)cc3)C2c2ccccc2OC)c1. The quantitative estimate of drug-likeness (QED) is 0.239. The zero-order valence-electron chi connectivity index (χ0n) is 18.8. The summed E-state index contributed by atoms with van der Waals surface area (Å²) in [5.41, 5.74) is 1.50. The van der Waals surface area contributed by atoms with Crippen LogP contribution in [0.4, 0.5) is 5.69 Å². The van der Waals surface area contributed by atoms with Gasteiger partial charge in [0.15, 0.2) is 0 Å². The van der Waals surface area contributed by atoms with Crippen LogP contribution >= 0.6 is 15.9 Å². The largest absolute Gasteiger partial charge is 0.507 e. The topological polar surface area (TPSA) is 76.1 Å². The number of hydrogen-bond donors (Lipinski definition) is 1. The number of hydrogen-bond acceptors (Lipinski definition) is 5. The maximum atomic E-state index is 13.4. The van der Waals surface area contributed by atoms with E-state index in [0.29, 0.717) is 34.9 Å². The third kappa shape index (κ3) is 4.43. The fraction of sp³-hybridized carbons (Fsp3) is 0.185. The molecule has 34 heavy (non-hydrogen) atoms. The van der Waals surface area contributed by atoms with E-state index in [9.17, 15) is 14.7 Å². The zero-order valence-corrected chi connectivity index (χ0v) is 20.4. The average molecular weight is 522 g/mol. The van der Waals surface area contributed by atoms with Crippen LogP contribution in [0.5, 0.6) is 11.5 Å². The Balaban J connectivity index is 1.92. The molecule has 1 fully saturated rings. The Labute approximate surface area is 206 Å². The number of ether oxygens (including phenoxy) is 2. The Morgan fingerprint density at radius 2 is 1.76 bits per heavy atom. The number of ketones is 1. The first kappa shape index (κ1) is 23.6. The molecular weight excluding hydrogens is 498 g/mol. The van der Waals surface area contributed by atoms with E-state index in [2.05, 4.69) is 15.9 Å². The highest BCUT2D eigenvalue weighted by atomic mass is 79.9. The molecule has 0 saturated carbocycles. The lowest BCUT2D eigenvalue weighted by atomic mass is 9.94. The molecule has 0 radical (unpaired) electrons. The van der Waals surface area contributed by atoms with Gasteiger partial charge in [0.1, 0.15) is 17.3 Å². The maximum absolute atomic E-state index is 13.4. The monoisotopic (exact) mass is 521 g/mol. The minimum atomic E-state index is -0.888. The fourth-order valence-electron chi connectivity index (χ4n) is 3.99. The van der Waals surface area contributed by atoms with Crippen LogP contribution in [0.2, 0.25) is 0 Å². The van der Waals surface area contributed by atoms with Gasteiger partial charge in [-0.2, -0.15) is 0 Å². The van der Waals surface area contributed by atoms with E-state index in [1.165, 1.54) is 12.0 Å². The normalized spacial score (nSPS) is 17.1. The van der Waals surface area contributed by atoms with Gasteiger partial charge in [0, 0.05) is 27.4 Å². The Morgan fingerprint density at radius 3 is 2.47 bits per heavy atom. The number of rotatable bonds is 7. The Hall–Kier alpha value is -3.58. The number of amides is 1. The van der Waals surface area contributed by atoms with E-state index in [1.54, 1.807) is 66.7 Å². The van der Waals surface area contributed by atoms with Gasteiger partial charge in [-0.05, 0) is 36.8 Å². The third-order valence-corrected chi connectivity index (χ3v) is 6.09. The van der Waals surface area contributed by atoms with Gasteiger partial charge in [-0.1, -0.05) is 59.3 Å². The van der Waals surface area contributed by atoms with Crippen molar-refractivity contribution >= 4 is 39.1 Å². The number of anilines is 1. The van der Waals surface area contributed by atoms with Crippen molar-refractivity contribution in [3.05, 3.63) is 94.0 Å². The number of carbonyl (C=O) groups excluding carboxylic acids is 2. The van der Waals surface area contributed by atoms with E-state index in [-0.39, 0.29) is 11.3 Å². The second-order valence-corrected chi connectivity index (χ2v) is 8.68. The van der Waals surface area contributed by atoms with Crippen molar-refractivity contribution < 1.29 is 24.2 Å². The number of aliphatic hydroxyl groups is 1. The lowest BCUT2D eigenvalue weighted by Gasteiger charge is -2.27. The Morgan fingerprint density at radius 1 is 1.03 bits per heavy atom. The van der Waals surface area contributed by atoms with Crippen molar-refractivity contribution in [3.63, 3.8) is 0 Å². The highest BCUT2D eigenvalue weighted by molar-refractivity contribution is 9.10. The molecule has 3 aromatic rings. The summed E-state index contributed by atoms with van der Waals surface area (Å²) in [5.74, 6) is -0.659. The Bertz CT molecular complexity index is 1250. The lowest BCUT2D eigenvalue weighted by Crippen LogP contribution is -2.29. The van der Waals surface area contributed by atoms with Gasteiger partial charge in [-0.25, -0.2) is 0 Å². The van der Waals surface area contributed by atoms with Gasteiger partial charge in [-0.3, -0.25) is 14.5 Å². The van der Waals surface area contributed by atoms with Gasteiger partial charge in [0.05, 0.1) is 25.3 Å². The number of aliphatic hydroxyl groups excluding tert-OH is 1. The molecule has 1 aliphatic heterocycles. The number of halogens is 1. The zero-order chi connectivity index (χ0) is 24.2. The highest BCUT2D eigenvalue weighted by Gasteiger charge is 2.48. The lowest BCUT2D eigenvalue weighted by molar-refractivity contribution is -0.132. The molecule has 4 rings (SSSR count). The number of nitrogens with zero attached hydrogens (tertiary/aromatic N) is 1. The molecule has 3 aromatic carbocycles. The van der Waals surface area contributed by atoms with Gasteiger partial charge < -0.3 is 14.6 Å². The van der Waals surface area contributed by atoms with Crippen molar-refractivity contribution in [2.24, 2.45) is 0 Å². The summed E-state index contributed by atoms with van der Waals surface area (Å²) in [6, 6.07) is 20.2. The van der Waals surface area contributed by atoms with Gasteiger partial charge in [0.2, 0.25) is 0 Å². The second-order valence-electron chi connectivity index (χ2n) is 7.76. The molecule has 1 saturated heterocycles. The minimum Gasteiger partial charge on any atom is -0.507 e. The first-order valence-corrected chi connectivity index (χ1v) is 11.7. The molecule has 1 N–H and O–H groups in total. The molecule has 0 bridgehead atoms. The van der Waals surface area contributed by atoms with Crippen LogP contribution in [0.3, 0.4) is 0 Å². The fourth-order valence-corrected chi connectivity index (χ4v) is 4.26. The molecule has 0 aromatic heterocycles. The Kier molecular flexibility index (Phi) is 7.03. The molecule has 0 spiro atoms. The van der Waals surface area contributed by atoms with E-state index < -0.39 is 17.7 Å². The molecule has 7 heteroatoms. The standard InChI is InChI=1S/C27H24BrNO5/c1-3-15-34-20-8-6-7-19(16-20)29-24(21-9-4-5-10-22(21)33-2)23(26(31)27(29)32)25(30)17-11-13-18(28)14-12-17/h4-14,16,24,30H,3,15H2,1-2H3/b25-23+. The van der Waals surface area contributed by atoms with Crippen molar-refractivity contribution in [3.8, 4) is 11.5 Å². The van der Waals surface area contributed by atoms with Gasteiger partial charge in [0.25, 0.3) is 11.7 Å². The molecule has 174 valence electrons. The van der Waals surface area contributed by atoms with E-state index in [1.807, 2.05) is 13.0 Å². The number of methoxy groups -OCH3 is 1. The first-order valence-electron chi connectivity index (χ1n) is 10.9. The van der Waals surface area contributed by atoms with Crippen LogP contribution in [0, 0.1) is 0 Å². The van der Waals surface area contributed by atoms with Gasteiger partial charge >= 0.3 is 0 Å². The molecule has 1 heterocycles. The van der Waals surface area contributed by atoms with Crippen LogP contribution in [0.25, 0.3) is 5.76 Å². The summed E-state index contributed by atoms with van der Waals surface area (Å²) >= 11 is 3.38. The molecular formula is C27H24BrNO5. The molecule has 6 nitrogen and oxygen atoms in total. The van der Waals surface area contributed by atoms with E-state index in [4.69, 9.17) is 9.47 Å². The van der Waals surface area contributed by atoms with Crippen LogP contribution in [0.1, 0.15) is 30.5 Å². The molecule has 1 amide bonds. The smallest absolute Gasteiger partial charge is 0.300 e. The first-order chi connectivity index (χ1) is 16.5. The second kappa shape index (κ2) is 10.1. The van der Waals surface area contributed by atoms with Crippen LogP contribution in [-0.4, -0.2) is 30.5 Å². The summed E-state index contributed by atoms with van der Waals surface area (Å²) < 4.78 is 12.1. The number of benzene rings is 3.